The van der Waals surface area contributed by atoms with Gasteiger partial charge in [0.15, 0.2) is 0 Å². The lowest BCUT2D eigenvalue weighted by molar-refractivity contribution is -0.114. The Bertz CT molecular complexity index is 945. The van der Waals surface area contributed by atoms with Crippen molar-refractivity contribution < 1.29 is 9.53 Å². The number of ether oxygens (including phenoxy) is 1. The third-order valence-electron chi connectivity index (χ3n) is 3.95. The highest BCUT2D eigenvalue weighted by Crippen LogP contribution is 2.19. The summed E-state index contributed by atoms with van der Waals surface area (Å²) >= 11 is 0. The molecule has 1 aromatic heterocycles. The molecule has 1 heterocycles. The van der Waals surface area contributed by atoms with E-state index in [4.69, 9.17) is 4.74 Å². The van der Waals surface area contributed by atoms with Crippen LogP contribution in [0, 0.1) is 0 Å². The summed E-state index contributed by atoms with van der Waals surface area (Å²) in [6.45, 7) is 2.21. The fraction of sp³-hybridized carbons (Fsp3) is 0.190. The Kier molecular flexibility index (Phi) is 6.41. The minimum absolute atomic E-state index is 0.115. The zero-order valence-corrected chi connectivity index (χ0v) is 15.9. The van der Waals surface area contributed by atoms with Gasteiger partial charge in [0.2, 0.25) is 11.9 Å². The number of amides is 1. The number of carbonyl (C=O) groups excluding carboxylic acids is 1. The van der Waals surface area contributed by atoms with Gasteiger partial charge in [-0.2, -0.15) is 4.98 Å². The first kappa shape index (κ1) is 19.2. The molecule has 1 amide bonds. The van der Waals surface area contributed by atoms with Crippen molar-refractivity contribution in [1.82, 2.24) is 9.97 Å². The first-order valence-electron chi connectivity index (χ1n) is 8.97. The van der Waals surface area contributed by atoms with E-state index in [0.29, 0.717) is 11.6 Å². The number of aromatic nitrogens is 2. The number of anilines is 4. The molecule has 0 saturated heterocycles. The predicted molar refractivity (Wildman–Crippen MR) is 111 cm³/mol. The molecule has 28 heavy (non-hydrogen) atoms. The molecule has 7 nitrogen and oxygen atoms in total. The van der Waals surface area contributed by atoms with Gasteiger partial charge >= 0.3 is 0 Å². The van der Waals surface area contributed by atoms with Crippen LogP contribution in [0.1, 0.15) is 12.5 Å². The molecule has 3 rings (SSSR count). The Labute approximate surface area is 164 Å². The summed E-state index contributed by atoms with van der Waals surface area (Å²) in [5, 5.41) is 9.21. The van der Waals surface area contributed by atoms with Crippen LogP contribution in [0.3, 0.4) is 0 Å². The summed E-state index contributed by atoms with van der Waals surface area (Å²) in [5.74, 6) is 1.95. The second kappa shape index (κ2) is 9.36. The van der Waals surface area contributed by atoms with E-state index in [1.54, 1.807) is 13.3 Å². The first-order valence-corrected chi connectivity index (χ1v) is 8.97. The van der Waals surface area contributed by atoms with Gasteiger partial charge in [0.25, 0.3) is 0 Å². The molecule has 0 unspecified atom stereocenters. The van der Waals surface area contributed by atoms with E-state index in [1.165, 1.54) is 12.5 Å². The van der Waals surface area contributed by atoms with Gasteiger partial charge in [0, 0.05) is 31.0 Å². The van der Waals surface area contributed by atoms with E-state index in [-0.39, 0.29) is 5.91 Å². The second-order valence-corrected chi connectivity index (χ2v) is 6.18. The van der Waals surface area contributed by atoms with E-state index < -0.39 is 0 Å². The molecular formula is C21H23N5O2. The van der Waals surface area contributed by atoms with E-state index in [0.717, 1.165) is 30.2 Å². The molecule has 0 spiro atoms. The van der Waals surface area contributed by atoms with Crippen molar-refractivity contribution in [1.29, 1.82) is 0 Å². The molecule has 0 aliphatic carbocycles. The summed E-state index contributed by atoms with van der Waals surface area (Å²) in [5.41, 5.74) is 2.69. The Hall–Kier alpha value is -3.61. The number of benzene rings is 2. The molecule has 3 aromatic rings. The summed E-state index contributed by atoms with van der Waals surface area (Å²) < 4.78 is 5.25. The van der Waals surface area contributed by atoms with Crippen molar-refractivity contribution >= 4 is 29.0 Å². The lowest BCUT2D eigenvalue weighted by Gasteiger charge is -2.10. The highest BCUT2D eigenvalue weighted by atomic mass is 16.5. The number of nitrogens with one attached hydrogen (secondary N) is 3. The number of hydrogen-bond donors (Lipinski definition) is 3. The van der Waals surface area contributed by atoms with Crippen molar-refractivity contribution in [2.24, 2.45) is 0 Å². The van der Waals surface area contributed by atoms with Gasteiger partial charge in [-0.15, -0.1) is 0 Å². The van der Waals surface area contributed by atoms with Crippen molar-refractivity contribution in [2.45, 2.75) is 13.3 Å². The van der Waals surface area contributed by atoms with Gasteiger partial charge in [-0.1, -0.05) is 18.2 Å². The summed E-state index contributed by atoms with van der Waals surface area (Å²) in [6.07, 6.45) is 2.55. The van der Waals surface area contributed by atoms with Gasteiger partial charge in [0.05, 0.1) is 7.11 Å². The monoisotopic (exact) mass is 377 g/mol. The van der Waals surface area contributed by atoms with Crippen LogP contribution in [0.2, 0.25) is 0 Å². The van der Waals surface area contributed by atoms with Crippen LogP contribution in [0.15, 0.2) is 60.8 Å². The smallest absolute Gasteiger partial charge is 0.229 e. The molecule has 7 heteroatoms. The van der Waals surface area contributed by atoms with Gasteiger partial charge in [0.1, 0.15) is 11.6 Å². The number of rotatable bonds is 8. The highest BCUT2D eigenvalue weighted by Gasteiger charge is 2.03. The third-order valence-corrected chi connectivity index (χ3v) is 3.95. The average molecular weight is 377 g/mol. The largest absolute Gasteiger partial charge is 0.497 e. The fourth-order valence-corrected chi connectivity index (χ4v) is 2.69. The lowest BCUT2D eigenvalue weighted by Crippen LogP contribution is -2.08. The average Bonchev–Trinajstić information content (AvgIpc) is 2.68. The maximum Gasteiger partial charge on any atom is 0.229 e. The van der Waals surface area contributed by atoms with Crippen LogP contribution in [-0.4, -0.2) is 29.5 Å². The Morgan fingerprint density at radius 1 is 1.07 bits per heavy atom. The lowest BCUT2D eigenvalue weighted by atomic mass is 10.1. The number of carbonyl (C=O) groups is 1. The van der Waals surface area contributed by atoms with E-state index in [1.807, 2.05) is 48.5 Å². The van der Waals surface area contributed by atoms with Crippen molar-refractivity contribution in [3.63, 3.8) is 0 Å². The molecule has 3 N–H and O–H groups in total. The van der Waals surface area contributed by atoms with E-state index >= 15 is 0 Å². The Morgan fingerprint density at radius 3 is 2.71 bits per heavy atom. The standard InChI is InChI=1S/C21H23N5O2/c1-15(27)24-17-6-4-7-18(14-17)25-21-23-12-10-20(26-21)22-11-9-16-5-3-8-19(13-16)28-2/h3-8,10,12-14H,9,11H2,1-2H3,(H,24,27)(H2,22,23,25,26). The van der Waals surface area contributed by atoms with Gasteiger partial charge in [-0.25, -0.2) is 4.98 Å². The molecule has 0 atom stereocenters. The summed E-state index contributed by atoms with van der Waals surface area (Å²) in [6, 6.07) is 17.2. The van der Waals surface area contributed by atoms with Gasteiger partial charge in [-0.3, -0.25) is 4.79 Å². The normalized spacial score (nSPS) is 10.2. The third kappa shape index (κ3) is 5.70. The topological polar surface area (TPSA) is 88.2 Å². The number of hydrogen-bond acceptors (Lipinski definition) is 6. The minimum Gasteiger partial charge on any atom is -0.497 e. The quantitative estimate of drug-likeness (QED) is 0.553. The van der Waals surface area contributed by atoms with Crippen molar-refractivity contribution in [2.75, 3.05) is 29.6 Å². The molecule has 0 fully saturated rings. The SMILES string of the molecule is COc1cccc(CCNc2ccnc(Nc3cccc(NC(C)=O)c3)n2)c1. The molecule has 0 bridgehead atoms. The molecule has 0 saturated carbocycles. The molecule has 144 valence electrons. The van der Waals surface area contributed by atoms with Crippen LogP contribution >= 0.6 is 0 Å². The Morgan fingerprint density at radius 2 is 1.89 bits per heavy atom. The number of nitrogens with zero attached hydrogens (tertiary/aromatic N) is 2. The molecule has 0 aliphatic heterocycles. The van der Waals surface area contributed by atoms with E-state index in [9.17, 15) is 4.79 Å². The molecule has 0 radical (unpaired) electrons. The zero-order chi connectivity index (χ0) is 19.8. The number of methoxy groups -OCH3 is 1. The van der Waals surface area contributed by atoms with Crippen molar-refractivity contribution in [3.05, 3.63) is 66.4 Å². The zero-order valence-electron chi connectivity index (χ0n) is 15.9. The molecular weight excluding hydrogens is 354 g/mol. The van der Waals surface area contributed by atoms with Gasteiger partial charge in [-0.05, 0) is 48.4 Å². The maximum absolute atomic E-state index is 11.2. The predicted octanol–water partition coefficient (Wildman–Crippen LogP) is 3.84. The minimum atomic E-state index is -0.115. The second-order valence-electron chi connectivity index (χ2n) is 6.18. The highest BCUT2D eigenvalue weighted by molar-refractivity contribution is 5.89. The Balaban J connectivity index is 1.58. The van der Waals surface area contributed by atoms with E-state index in [2.05, 4.69) is 32.0 Å². The van der Waals surface area contributed by atoms with Crippen LogP contribution in [0.4, 0.5) is 23.1 Å². The molecule has 0 aliphatic rings. The summed E-state index contributed by atoms with van der Waals surface area (Å²) in [4.78, 5) is 19.9. The van der Waals surface area contributed by atoms with Crippen LogP contribution < -0.4 is 20.7 Å². The van der Waals surface area contributed by atoms with Gasteiger partial charge < -0.3 is 20.7 Å². The van der Waals surface area contributed by atoms with Crippen LogP contribution in [0.25, 0.3) is 0 Å². The van der Waals surface area contributed by atoms with Crippen LogP contribution in [-0.2, 0) is 11.2 Å². The fourth-order valence-electron chi connectivity index (χ4n) is 2.69. The molecule has 2 aromatic carbocycles. The van der Waals surface area contributed by atoms with Crippen LogP contribution in [0.5, 0.6) is 5.75 Å². The maximum atomic E-state index is 11.2. The first-order chi connectivity index (χ1) is 13.6. The summed E-state index contributed by atoms with van der Waals surface area (Å²) in [7, 11) is 1.67. The van der Waals surface area contributed by atoms with Crippen molar-refractivity contribution in [3.8, 4) is 5.75 Å².